The van der Waals surface area contributed by atoms with E-state index in [1.165, 1.54) is 63.8 Å². The van der Waals surface area contributed by atoms with E-state index in [1.807, 2.05) is 97.0 Å². The van der Waals surface area contributed by atoms with Crippen molar-refractivity contribution in [1.82, 2.24) is 44.0 Å². The fourth-order valence-corrected chi connectivity index (χ4v) is 14.7. The summed E-state index contributed by atoms with van der Waals surface area (Å²) in [5, 5.41) is 12.0. The summed E-state index contributed by atoms with van der Waals surface area (Å²) in [6.07, 6.45) is 14.5. The van der Waals surface area contributed by atoms with Crippen LogP contribution >= 0.6 is 22.7 Å². The van der Waals surface area contributed by atoms with Gasteiger partial charge in [-0.3, -0.25) is 19.9 Å². The zero-order valence-electron chi connectivity index (χ0n) is 49.3. The molecular weight excluding hydrogens is 1160 g/mol. The molecule has 0 aliphatic heterocycles. The van der Waals surface area contributed by atoms with Crippen LogP contribution in [0, 0.1) is 0 Å². The first-order valence-corrected chi connectivity index (χ1v) is 32.1. The van der Waals surface area contributed by atoms with Gasteiger partial charge in [0.2, 0.25) is 0 Å². The summed E-state index contributed by atoms with van der Waals surface area (Å²) in [6, 6.07) is 87.8. The normalized spacial score (nSPS) is 11.5. The van der Waals surface area contributed by atoms with E-state index in [2.05, 4.69) is 240 Å². The molecule has 11 heteroatoms. The van der Waals surface area contributed by atoms with E-state index in [0.29, 0.717) is 5.82 Å². The van der Waals surface area contributed by atoms with Gasteiger partial charge in [-0.1, -0.05) is 121 Å². The summed E-state index contributed by atoms with van der Waals surface area (Å²) >= 11 is 3.61. The van der Waals surface area contributed by atoms with Crippen LogP contribution in [0.3, 0.4) is 0 Å². The van der Waals surface area contributed by atoms with E-state index in [9.17, 15) is 0 Å². The van der Waals surface area contributed by atoms with Gasteiger partial charge in [0.05, 0.1) is 44.8 Å². The monoisotopic (exact) mass is 1210 g/mol. The summed E-state index contributed by atoms with van der Waals surface area (Å²) in [4.78, 5) is 32.2. The summed E-state index contributed by atoms with van der Waals surface area (Å²) in [7, 11) is 0. The number of rotatable bonds is 10. The first-order valence-electron chi connectivity index (χ1n) is 30.3. The van der Waals surface area contributed by atoms with Crippen molar-refractivity contribution in [3.8, 4) is 101 Å². The minimum atomic E-state index is 0.672. The minimum absolute atomic E-state index is 0.672. The molecule has 9 nitrogen and oxygen atoms in total. The van der Waals surface area contributed by atoms with Crippen LogP contribution in [0.4, 0.5) is 0 Å². The van der Waals surface area contributed by atoms with E-state index in [0.717, 1.165) is 95.3 Å². The van der Waals surface area contributed by atoms with Crippen LogP contribution in [0.25, 0.3) is 165 Å². The summed E-state index contributed by atoms with van der Waals surface area (Å²) in [5.74, 6) is 0.672. The highest BCUT2D eigenvalue weighted by atomic mass is 32.1. The van der Waals surface area contributed by atoms with Crippen molar-refractivity contribution < 1.29 is 0 Å². The molecule has 0 fully saturated rings. The van der Waals surface area contributed by atoms with Gasteiger partial charge in [0.1, 0.15) is 0 Å². The van der Waals surface area contributed by atoms with E-state index in [1.54, 1.807) is 23.7 Å². The molecule has 0 N–H and O–H groups in total. The van der Waals surface area contributed by atoms with Gasteiger partial charge in [-0.05, 0) is 182 Å². The molecule has 0 spiro atoms. The van der Waals surface area contributed by atoms with Gasteiger partial charge >= 0.3 is 0 Å². The molecule has 0 aliphatic carbocycles. The summed E-state index contributed by atoms with van der Waals surface area (Å²) < 4.78 is 7.39. The smallest absolute Gasteiger partial charge is 0.160 e. The van der Waals surface area contributed by atoms with Crippen molar-refractivity contribution in [1.29, 1.82) is 0 Å². The van der Waals surface area contributed by atoms with Gasteiger partial charge in [0.15, 0.2) is 5.82 Å². The Bertz CT molecular complexity index is 5390. The molecule has 0 amide bonds. The first-order chi connectivity index (χ1) is 45.6. The standard InChI is InChI=1S/C41H26N4S.C40H25N5S/c1-2-7-38-35(6-1)40-39(13-12-31-18-23-46-41(31)40)45(38)34-5-3-4-32(24-34)37-26-33(25-36(44-37)30-16-21-43-22-17-30)28-10-8-27(9-11-28)29-14-19-42-20-15-29;1-2-7-36-33(6-1)38-37(13-12-30-18-23-46-39(30)38)45(36)32-5-3-4-31(24-32)40-43-34(25-35(44-40)29-16-21-42-22-17-29)28-10-8-26(9-11-28)27-14-19-41-20-15-27/h1-26H;1-25H. The summed E-state index contributed by atoms with van der Waals surface area (Å²) in [6.45, 7) is 0. The van der Waals surface area contributed by atoms with Gasteiger partial charge in [-0.25, -0.2) is 15.0 Å². The number of aromatic nitrogens is 9. The predicted molar refractivity (Wildman–Crippen MR) is 380 cm³/mol. The first kappa shape index (κ1) is 54.3. The van der Waals surface area contributed by atoms with E-state index >= 15 is 0 Å². The van der Waals surface area contributed by atoms with Gasteiger partial charge < -0.3 is 9.13 Å². The highest BCUT2D eigenvalue weighted by molar-refractivity contribution is 7.18. The molecule has 0 bridgehead atoms. The quantitative estimate of drug-likeness (QED) is 0.134. The lowest BCUT2D eigenvalue weighted by atomic mass is 9.98. The lowest BCUT2D eigenvalue weighted by Gasteiger charge is -2.13. The average molecular weight is 1210 g/mol. The number of nitrogens with zero attached hydrogens (tertiary/aromatic N) is 9. The molecule has 0 saturated carbocycles. The predicted octanol–water partition coefficient (Wildman–Crippen LogP) is 21.1. The van der Waals surface area contributed by atoms with Crippen LogP contribution in [0.2, 0.25) is 0 Å². The fourth-order valence-electron chi connectivity index (χ4n) is 12.8. The lowest BCUT2D eigenvalue weighted by Crippen LogP contribution is -1.98. The molecule has 10 aromatic heterocycles. The van der Waals surface area contributed by atoms with E-state index in [-0.39, 0.29) is 0 Å². The Balaban J connectivity index is 0.000000141. The third-order valence-electron chi connectivity index (χ3n) is 17.2. The number of para-hydroxylation sites is 2. The molecule has 10 heterocycles. The molecule has 0 saturated heterocycles. The van der Waals surface area contributed by atoms with Gasteiger partial charge in [-0.2, -0.15) is 0 Å². The topological polar surface area (TPSA) is 100 Å². The number of hydrogen-bond acceptors (Lipinski definition) is 9. The van der Waals surface area contributed by atoms with Crippen molar-refractivity contribution in [3.63, 3.8) is 0 Å². The summed E-state index contributed by atoms with van der Waals surface area (Å²) in [5.41, 5.74) is 22.4. The van der Waals surface area contributed by atoms with Gasteiger partial charge in [0.25, 0.3) is 0 Å². The highest BCUT2D eigenvalue weighted by Crippen LogP contribution is 2.42. The van der Waals surface area contributed by atoms with Crippen molar-refractivity contribution in [3.05, 3.63) is 309 Å². The third-order valence-corrected chi connectivity index (χ3v) is 19.1. The Morgan fingerprint density at radius 1 is 0.250 bits per heavy atom. The van der Waals surface area contributed by atoms with Crippen molar-refractivity contribution >= 4 is 86.5 Å². The average Bonchev–Trinajstić information content (AvgIpc) is 1.63. The molecule has 18 rings (SSSR count). The second kappa shape index (κ2) is 23.2. The van der Waals surface area contributed by atoms with E-state index in [4.69, 9.17) is 15.0 Å². The lowest BCUT2D eigenvalue weighted by molar-refractivity contribution is 1.16. The van der Waals surface area contributed by atoms with Crippen LogP contribution in [0.1, 0.15) is 0 Å². The van der Waals surface area contributed by atoms with Crippen molar-refractivity contribution in [2.75, 3.05) is 0 Å². The van der Waals surface area contributed by atoms with Crippen LogP contribution < -0.4 is 0 Å². The molecule has 432 valence electrons. The maximum atomic E-state index is 5.20. The van der Waals surface area contributed by atoms with E-state index < -0.39 is 0 Å². The van der Waals surface area contributed by atoms with Crippen LogP contribution in [-0.2, 0) is 0 Å². The molecule has 0 radical (unpaired) electrons. The number of thiophene rings is 2. The molecule has 0 unspecified atom stereocenters. The Morgan fingerprint density at radius 3 is 1.12 bits per heavy atom. The Hall–Kier alpha value is -11.9. The second-order valence-corrected chi connectivity index (χ2v) is 24.4. The maximum absolute atomic E-state index is 5.20. The molecule has 0 atom stereocenters. The van der Waals surface area contributed by atoms with Gasteiger partial charge in [-0.15, -0.1) is 22.7 Å². The second-order valence-electron chi connectivity index (χ2n) is 22.6. The van der Waals surface area contributed by atoms with Crippen LogP contribution in [0.5, 0.6) is 0 Å². The third kappa shape index (κ3) is 9.94. The number of benzene rings is 8. The zero-order chi connectivity index (χ0) is 60.9. The SMILES string of the molecule is c1cc(-c2cc(-c3ccc(-c4ccncc4)cc3)cc(-c3ccncc3)n2)cc(-n2c3ccccc3c3c4sccc4ccc32)c1.c1cc(-c2nc(-c3ccncc3)cc(-c3ccc(-c4ccncc4)cc3)n2)cc(-n2c3ccccc3c3c4sccc4ccc32)c1. The molecule has 92 heavy (non-hydrogen) atoms. The van der Waals surface area contributed by atoms with Crippen LogP contribution in [-0.4, -0.2) is 44.0 Å². The highest BCUT2D eigenvalue weighted by Gasteiger charge is 2.20. The number of fused-ring (bicyclic) bond motifs is 10. The minimum Gasteiger partial charge on any atom is -0.309 e. The molecule has 18 aromatic rings. The van der Waals surface area contributed by atoms with Crippen molar-refractivity contribution in [2.45, 2.75) is 0 Å². The molecule has 0 aliphatic rings. The molecular formula is C81H51N9S2. The van der Waals surface area contributed by atoms with Crippen molar-refractivity contribution in [2.24, 2.45) is 0 Å². The molecule has 8 aromatic carbocycles. The zero-order valence-corrected chi connectivity index (χ0v) is 50.9. The van der Waals surface area contributed by atoms with Crippen LogP contribution in [0.15, 0.2) is 309 Å². The fraction of sp³-hybridized carbons (Fsp3) is 0. The van der Waals surface area contributed by atoms with Gasteiger partial charge in [0, 0.05) is 120 Å². The maximum Gasteiger partial charge on any atom is 0.160 e. The Labute approximate surface area is 537 Å². The number of pyridine rings is 5. The Kier molecular flexibility index (Phi) is 13.7. The number of hydrogen-bond donors (Lipinski definition) is 0. The Morgan fingerprint density at radius 2 is 0.630 bits per heavy atom. The largest absolute Gasteiger partial charge is 0.309 e.